The van der Waals surface area contributed by atoms with Crippen LogP contribution in [0.5, 0.6) is 0 Å². The normalized spacial score (nSPS) is 16.6. The molecule has 1 N–H and O–H groups in total. The lowest BCUT2D eigenvalue weighted by Crippen LogP contribution is -2.40. The van der Waals surface area contributed by atoms with Crippen molar-refractivity contribution >= 4 is 5.91 Å². The fraction of sp³-hybridized carbons (Fsp3) is 0.381. The van der Waals surface area contributed by atoms with Gasteiger partial charge < -0.3 is 9.84 Å². The predicted molar refractivity (Wildman–Crippen MR) is 110 cm³/mol. The van der Waals surface area contributed by atoms with Gasteiger partial charge in [0.05, 0.1) is 5.69 Å². The molecule has 1 aliphatic rings. The van der Waals surface area contributed by atoms with Crippen LogP contribution in [0.2, 0.25) is 0 Å². The van der Waals surface area contributed by atoms with E-state index in [2.05, 4.69) is 32.4 Å². The summed E-state index contributed by atoms with van der Waals surface area (Å²) in [5, 5.41) is 11.1. The molecule has 1 aromatic carbocycles. The van der Waals surface area contributed by atoms with Gasteiger partial charge in [0.25, 0.3) is 5.56 Å². The van der Waals surface area contributed by atoms with Crippen LogP contribution in [0.25, 0.3) is 11.3 Å². The predicted octanol–water partition coefficient (Wildman–Crippen LogP) is 1.56. The number of hydrogen-bond acceptors (Lipinski definition) is 7. The molecule has 1 saturated heterocycles. The highest BCUT2D eigenvalue weighted by molar-refractivity contribution is 5.89. The Balaban J connectivity index is 1.42. The SMILES string of the molecule is CCN1CCC[C@@H]1CNC(=O)c1nc(Cn2nc(-c3ccccc3)ccc2=O)no1. The molecule has 3 aromatic rings. The summed E-state index contributed by atoms with van der Waals surface area (Å²) in [5.74, 6) is -0.302. The molecule has 2 aromatic heterocycles. The number of benzene rings is 1. The van der Waals surface area contributed by atoms with E-state index in [0.29, 0.717) is 18.3 Å². The molecule has 0 radical (unpaired) electrons. The van der Waals surface area contributed by atoms with Crippen LogP contribution in [0.3, 0.4) is 0 Å². The zero-order valence-electron chi connectivity index (χ0n) is 16.8. The van der Waals surface area contributed by atoms with Crippen molar-refractivity contribution in [2.75, 3.05) is 19.6 Å². The lowest BCUT2D eigenvalue weighted by molar-refractivity contribution is 0.0897. The van der Waals surface area contributed by atoms with Crippen molar-refractivity contribution in [1.29, 1.82) is 0 Å². The summed E-state index contributed by atoms with van der Waals surface area (Å²) < 4.78 is 6.35. The third-order valence-corrected chi connectivity index (χ3v) is 5.29. The molecular formula is C21H24N6O3. The minimum absolute atomic E-state index is 0.0164. The van der Waals surface area contributed by atoms with E-state index in [1.54, 1.807) is 6.07 Å². The molecule has 9 nitrogen and oxygen atoms in total. The summed E-state index contributed by atoms with van der Waals surface area (Å²) in [5.41, 5.74) is 1.27. The van der Waals surface area contributed by atoms with Crippen LogP contribution in [0.15, 0.2) is 51.8 Å². The molecular weight excluding hydrogens is 384 g/mol. The number of amides is 1. The zero-order chi connectivity index (χ0) is 20.9. The van der Waals surface area contributed by atoms with E-state index in [9.17, 15) is 9.59 Å². The summed E-state index contributed by atoms with van der Waals surface area (Å²) >= 11 is 0. The van der Waals surface area contributed by atoms with Crippen molar-refractivity contribution in [3.05, 3.63) is 64.5 Å². The third kappa shape index (κ3) is 4.46. The van der Waals surface area contributed by atoms with Crippen molar-refractivity contribution in [1.82, 2.24) is 30.1 Å². The van der Waals surface area contributed by atoms with Gasteiger partial charge in [0.2, 0.25) is 0 Å². The number of likely N-dealkylation sites (tertiary alicyclic amines) is 1. The third-order valence-electron chi connectivity index (χ3n) is 5.29. The molecule has 0 unspecified atom stereocenters. The minimum atomic E-state index is -0.407. The molecule has 156 valence electrons. The van der Waals surface area contributed by atoms with Crippen LogP contribution in [0, 0.1) is 0 Å². The Morgan fingerprint density at radius 2 is 2.07 bits per heavy atom. The lowest BCUT2D eigenvalue weighted by atomic mass is 10.1. The van der Waals surface area contributed by atoms with Crippen LogP contribution >= 0.6 is 0 Å². The maximum absolute atomic E-state index is 12.4. The van der Waals surface area contributed by atoms with Crippen molar-refractivity contribution in [2.24, 2.45) is 0 Å². The van der Waals surface area contributed by atoms with Crippen LogP contribution < -0.4 is 10.9 Å². The fourth-order valence-electron chi connectivity index (χ4n) is 3.70. The largest absolute Gasteiger partial charge is 0.346 e. The molecule has 1 fully saturated rings. The summed E-state index contributed by atoms with van der Waals surface area (Å²) in [6, 6.07) is 13.0. The number of likely N-dealkylation sites (N-methyl/N-ethyl adjacent to an activating group) is 1. The Morgan fingerprint density at radius 3 is 2.87 bits per heavy atom. The Bertz CT molecular complexity index is 1060. The van der Waals surface area contributed by atoms with Crippen LogP contribution in [-0.4, -0.2) is 56.4 Å². The Kier molecular flexibility index (Phi) is 5.99. The molecule has 0 bridgehead atoms. The van der Waals surface area contributed by atoms with Gasteiger partial charge in [0.15, 0.2) is 5.82 Å². The smallest absolute Gasteiger partial charge is 0.316 e. The van der Waals surface area contributed by atoms with E-state index in [0.717, 1.165) is 31.5 Å². The Hall–Kier alpha value is -3.33. The molecule has 0 saturated carbocycles. The second kappa shape index (κ2) is 9.00. The Labute approximate surface area is 173 Å². The topological polar surface area (TPSA) is 106 Å². The van der Waals surface area contributed by atoms with E-state index < -0.39 is 5.91 Å². The number of aromatic nitrogens is 4. The van der Waals surface area contributed by atoms with Gasteiger partial charge in [-0.1, -0.05) is 42.4 Å². The standard InChI is InChI=1S/C21H24N6O3/c1-2-26-12-6-9-16(26)13-22-20(29)21-23-18(25-30-21)14-27-19(28)11-10-17(24-27)15-7-4-3-5-8-15/h3-5,7-8,10-11,16H,2,6,9,12-14H2,1H3,(H,22,29)/t16-/m1/s1. The van der Waals surface area contributed by atoms with E-state index in [4.69, 9.17) is 4.52 Å². The molecule has 3 heterocycles. The first kappa shape index (κ1) is 20.0. The summed E-state index contributed by atoms with van der Waals surface area (Å²) in [7, 11) is 0. The van der Waals surface area contributed by atoms with Gasteiger partial charge in [-0.2, -0.15) is 10.1 Å². The van der Waals surface area contributed by atoms with Gasteiger partial charge in [0.1, 0.15) is 6.54 Å². The number of hydrogen-bond donors (Lipinski definition) is 1. The highest BCUT2D eigenvalue weighted by Crippen LogP contribution is 2.16. The summed E-state index contributed by atoms with van der Waals surface area (Å²) in [6.07, 6.45) is 2.21. The van der Waals surface area contributed by atoms with Crippen molar-refractivity contribution < 1.29 is 9.32 Å². The summed E-state index contributed by atoms with van der Waals surface area (Å²) in [6.45, 7) is 4.71. The van der Waals surface area contributed by atoms with Gasteiger partial charge in [-0.05, 0) is 32.0 Å². The van der Waals surface area contributed by atoms with Crippen LogP contribution in [0.1, 0.15) is 36.3 Å². The van der Waals surface area contributed by atoms with E-state index >= 15 is 0 Å². The van der Waals surface area contributed by atoms with Gasteiger partial charge in [-0.3, -0.25) is 14.5 Å². The molecule has 1 aliphatic heterocycles. The summed E-state index contributed by atoms with van der Waals surface area (Å²) in [4.78, 5) is 31.0. The molecule has 1 atom stereocenters. The first-order valence-electron chi connectivity index (χ1n) is 10.1. The number of nitrogens with zero attached hydrogens (tertiary/aromatic N) is 5. The maximum atomic E-state index is 12.4. The van der Waals surface area contributed by atoms with Crippen LogP contribution in [-0.2, 0) is 6.54 Å². The second-order valence-corrected chi connectivity index (χ2v) is 7.23. The van der Waals surface area contributed by atoms with Crippen molar-refractivity contribution in [3.63, 3.8) is 0 Å². The minimum Gasteiger partial charge on any atom is -0.346 e. The monoisotopic (exact) mass is 408 g/mol. The number of carbonyl (C=O) groups is 1. The number of nitrogens with one attached hydrogen (secondary N) is 1. The molecule has 0 spiro atoms. The average molecular weight is 408 g/mol. The van der Waals surface area contributed by atoms with E-state index in [1.165, 1.54) is 10.7 Å². The zero-order valence-corrected chi connectivity index (χ0v) is 16.8. The molecule has 9 heteroatoms. The maximum Gasteiger partial charge on any atom is 0.316 e. The average Bonchev–Trinajstić information content (AvgIpc) is 3.43. The first-order valence-corrected chi connectivity index (χ1v) is 10.1. The van der Waals surface area contributed by atoms with E-state index in [-0.39, 0.29) is 23.8 Å². The molecule has 30 heavy (non-hydrogen) atoms. The number of rotatable bonds is 7. The highest BCUT2D eigenvalue weighted by atomic mass is 16.5. The van der Waals surface area contributed by atoms with Crippen LogP contribution in [0.4, 0.5) is 0 Å². The lowest BCUT2D eigenvalue weighted by Gasteiger charge is -2.22. The van der Waals surface area contributed by atoms with Crippen molar-refractivity contribution in [2.45, 2.75) is 32.4 Å². The fourth-order valence-corrected chi connectivity index (χ4v) is 3.70. The van der Waals surface area contributed by atoms with Crippen molar-refractivity contribution in [3.8, 4) is 11.3 Å². The quantitative estimate of drug-likeness (QED) is 0.632. The molecule has 0 aliphatic carbocycles. The highest BCUT2D eigenvalue weighted by Gasteiger charge is 2.24. The van der Waals surface area contributed by atoms with Gasteiger partial charge in [0, 0.05) is 24.2 Å². The molecule has 4 rings (SSSR count). The second-order valence-electron chi connectivity index (χ2n) is 7.23. The Morgan fingerprint density at radius 1 is 1.23 bits per heavy atom. The van der Waals surface area contributed by atoms with Gasteiger partial charge in [-0.25, -0.2) is 4.68 Å². The van der Waals surface area contributed by atoms with Gasteiger partial charge >= 0.3 is 11.8 Å². The van der Waals surface area contributed by atoms with Gasteiger partial charge in [-0.15, -0.1) is 0 Å². The molecule has 1 amide bonds. The first-order chi connectivity index (χ1) is 14.6. The number of carbonyl (C=O) groups excluding carboxylic acids is 1. The van der Waals surface area contributed by atoms with E-state index in [1.807, 2.05) is 30.3 Å².